The SMILES string of the molecule is N#C/C(=C/N1CCN(c2ccc(F)cc2)CC1)C(=O)N1CCNCC1. The molecule has 0 aliphatic carbocycles. The van der Waals surface area contributed by atoms with Crippen LogP contribution < -0.4 is 10.2 Å². The number of carbonyl (C=O) groups is 1. The van der Waals surface area contributed by atoms with Gasteiger partial charge in [0, 0.05) is 64.2 Å². The summed E-state index contributed by atoms with van der Waals surface area (Å²) in [4.78, 5) is 18.4. The lowest BCUT2D eigenvalue weighted by Gasteiger charge is -2.36. The third-order valence-electron chi connectivity index (χ3n) is 4.57. The lowest BCUT2D eigenvalue weighted by molar-refractivity contribution is -0.127. The van der Waals surface area contributed by atoms with Crippen LogP contribution in [0.3, 0.4) is 0 Å². The van der Waals surface area contributed by atoms with Gasteiger partial charge in [-0.25, -0.2) is 4.39 Å². The molecule has 2 heterocycles. The minimum Gasteiger partial charge on any atom is -0.373 e. The molecule has 1 amide bonds. The number of hydrogen-bond donors (Lipinski definition) is 1. The summed E-state index contributed by atoms with van der Waals surface area (Å²) in [5, 5.41) is 12.6. The van der Waals surface area contributed by atoms with Crippen molar-refractivity contribution < 1.29 is 9.18 Å². The summed E-state index contributed by atoms with van der Waals surface area (Å²) in [5.74, 6) is -0.430. The molecule has 0 atom stereocenters. The van der Waals surface area contributed by atoms with E-state index < -0.39 is 0 Å². The highest BCUT2D eigenvalue weighted by Gasteiger charge is 2.22. The third-order valence-corrected chi connectivity index (χ3v) is 4.57. The number of amides is 1. The fourth-order valence-electron chi connectivity index (χ4n) is 3.11. The second-order valence-corrected chi connectivity index (χ2v) is 6.20. The first-order valence-corrected chi connectivity index (χ1v) is 8.54. The van der Waals surface area contributed by atoms with Gasteiger partial charge in [0.1, 0.15) is 17.5 Å². The Bertz CT molecular complexity index is 668. The average Bonchev–Trinajstić information content (AvgIpc) is 2.67. The Kier molecular flexibility index (Phi) is 5.51. The highest BCUT2D eigenvalue weighted by atomic mass is 19.1. The standard InChI is InChI=1S/C18H22FN5O/c19-16-1-3-17(4-2-16)23-11-9-22(10-12-23)14-15(13-20)18(25)24-7-5-21-6-8-24/h1-4,14,21H,5-12H2/b15-14-. The smallest absolute Gasteiger partial charge is 0.266 e. The van der Waals surface area contributed by atoms with Crippen LogP contribution in [0, 0.1) is 17.1 Å². The van der Waals surface area contributed by atoms with Crippen LogP contribution in [0.15, 0.2) is 36.0 Å². The number of piperazine rings is 2. The van der Waals surface area contributed by atoms with Crippen molar-refractivity contribution >= 4 is 11.6 Å². The van der Waals surface area contributed by atoms with Gasteiger partial charge in [-0.1, -0.05) is 0 Å². The van der Waals surface area contributed by atoms with Crippen LogP contribution >= 0.6 is 0 Å². The highest BCUT2D eigenvalue weighted by Crippen LogP contribution is 2.17. The Morgan fingerprint density at radius 3 is 2.32 bits per heavy atom. The van der Waals surface area contributed by atoms with Gasteiger partial charge < -0.3 is 20.0 Å². The van der Waals surface area contributed by atoms with Gasteiger partial charge in [0.05, 0.1) is 0 Å². The van der Waals surface area contributed by atoms with Crippen molar-refractivity contribution in [1.29, 1.82) is 5.26 Å². The molecule has 0 spiro atoms. The summed E-state index contributed by atoms with van der Waals surface area (Å²) in [5.41, 5.74) is 1.18. The van der Waals surface area contributed by atoms with Crippen molar-refractivity contribution in [2.75, 3.05) is 57.3 Å². The van der Waals surface area contributed by atoms with Crippen LogP contribution in [0.1, 0.15) is 0 Å². The topological polar surface area (TPSA) is 62.6 Å². The van der Waals surface area contributed by atoms with Crippen molar-refractivity contribution in [3.63, 3.8) is 0 Å². The quantitative estimate of drug-likeness (QED) is 0.649. The first-order chi connectivity index (χ1) is 12.2. The molecule has 0 unspecified atom stereocenters. The second-order valence-electron chi connectivity index (χ2n) is 6.20. The summed E-state index contributed by atoms with van der Waals surface area (Å²) < 4.78 is 13.0. The number of hydrogen-bond acceptors (Lipinski definition) is 5. The second kappa shape index (κ2) is 7.99. The number of nitrogens with zero attached hydrogens (tertiary/aromatic N) is 4. The fraction of sp³-hybridized carbons (Fsp3) is 0.444. The molecule has 1 N–H and O–H groups in total. The largest absolute Gasteiger partial charge is 0.373 e. The van der Waals surface area contributed by atoms with Crippen LogP contribution in [0.4, 0.5) is 10.1 Å². The molecule has 0 radical (unpaired) electrons. The minimum atomic E-state index is -0.240. The van der Waals surface area contributed by atoms with E-state index in [0.717, 1.165) is 45.0 Å². The Balaban J connectivity index is 1.59. The molecule has 2 saturated heterocycles. The summed E-state index contributed by atoms with van der Waals surface area (Å²) in [6, 6.07) is 8.51. The Morgan fingerprint density at radius 2 is 1.72 bits per heavy atom. The molecule has 1 aromatic carbocycles. The van der Waals surface area contributed by atoms with Gasteiger partial charge in [0.2, 0.25) is 0 Å². The molecule has 2 fully saturated rings. The van der Waals surface area contributed by atoms with Crippen molar-refractivity contribution in [2.24, 2.45) is 0 Å². The molecular weight excluding hydrogens is 321 g/mol. The molecule has 0 bridgehead atoms. The lowest BCUT2D eigenvalue weighted by Crippen LogP contribution is -2.47. The molecule has 7 heteroatoms. The first-order valence-electron chi connectivity index (χ1n) is 8.54. The molecule has 1 aromatic rings. The van der Waals surface area contributed by atoms with Crippen molar-refractivity contribution in [1.82, 2.24) is 15.1 Å². The monoisotopic (exact) mass is 343 g/mol. The van der Waals surface area contributed by atoms with Crippen LogP contribution in [-0.4, -0.2) is 68.1 Å². The number of anilines is 1. The van der Waals surface area contributed by atoms with Gasteiger partial charge in [-0.05, 0) is 24.3 Å². The van der Waals surface area contributed by atoms with Crippen LogP contribution in [0.25, 0.3) is 0 Å². The molecule has 2 aliphatic heterocycles. The first kappa shape index (κ1) is 17.2. The van der Waals surface area contributed by atoms with Gasteiger partial charge in [0.15, 0.2) is 0 Å². The van der Waals surface area contributed by atoms with E-state index in [1.54, 1.807) is 23.2 Å². The number of nitrogens with one attached hydrogen (secondary N) is 1. The molecule has 25 heavy (non-hydrogen) atoms. The molecule has 0 aromatic heterocycles. The van der Waals surface area contributed by atoms with E-state index in [4.69, 9.17) is 0 Å². The maximum absolute atomic E-state index is 13.0. The Hall–Kier alpha value is -2.59. The van der Waals surface area contributed by atoms with Crippen molar-refractivity contribution in [3.05, 3.63) is 41.9 Å². The lowest BCUT2D eigenvalue weighted by atomic mass is 10.2. The maximum atomic E-state index is 13.0. The average molecular weight is 343 g/mol. The number of halogens is 1. The number of nitriles is 1. The summed E-state index contributed by atoms with van der Waals surface area (Å²) in [6.07, 6.45) is 1.69. The van der Waals surface area contributed by atoms with Crippen molar-refractivity contribution in [3.8, 4) is 6.07 Å². The predicted molar refractivity (Wildman–Crippen MR) is 93.3 cm³/mol. The zero-order valence-corrected chi connectivity index (χ0v) is 14.1. The van der Waals surface area contributed by atoms with Gasteiger partial charge >= 0.3 is 0 Å². The Morgan fingerprint density at radius 1 is 1.08 bits per heavy atom. The molecule has 6 nitrogen and oxygen atoms in total. The van der Waals surface area contributed by atoms with Gasteiger partial charge in [-0.15, -0.1) is 0 Å². The summed E-state index contributed by atoms with van der Waals surface area (Å²) in [7, 11) is 0. The van der Waals surface area contributed by atoms with E-state index >= 15 is 0 Å². The summed E-state index contributed by atoms with van der Waals surface area (Å²) in [6.45, 7) is 5.77. The van der Waals surface area contributed by atoms with Crippen LogP contribution in [0.5, 0.6) is 0 Å². The van der Waals surface area contributed by atoms with E-state index in [1.807, 2.05) is 11.0 Å². The van der Waals surface area contributed by atoms with E-state index in [0.29, 0.717) is 13.1 Å². The highest BCUT2D eigenvalue weighted by molar-refractivity contribution is 5.97. The predicted octanol–water partition coefficient (Wildman–Crippen LogP) is 0.787. The molecule has 3 rings (SSSR count). The fourth-order valence-corrected chi connectivity index (χ4v) is 3.11. The van der Waals surface area contributed by atoms with Gasteiger partial charge in [-0.3, -0.25) is 4.79 Å². The molecule has 0 saturated carbocycles. The van der Waals surface area contributed by atoms with Crippen LogP contribution in [0.2, 0.25) is 0 Å². The van der Waals surface area contributed by atoms with E-state index in [9.17, 15) is 14.4 Å². The summed E-state index contributed by atoms with van der Waals surface area (Å²) >= 11 is 0. The zero-order valence-electron chi connectivity index (χ0n) is 14.1. The van der Waals surface area contributed by atoms with Crippen molar-refractivity contribution in [2.45, 2.75) is 0 Å². The normalized spacial score (nSPS) is 18.9. The molecule has 132 valence electrons. The molecular formula is C18H22FN5O. The number of carbonyl (C=O) groups excluding carboxylic acids is 1. The maximum Gasteiger partial charge on any atom is 0.266 e. The van der Waals surface area contributed by atoms with Gasteiger partial charge in [-0.2, -0.15) is 5.26 Å². The van der Waals surface area contributed by atoms with E-state index in [2.05, 4.69) is 10.2 Å². The number of benzene rings is 1. The van der Waals surface area contributed by atoms with Gasteiger partial charge in [0.25, 0.3) is 5.91 Å². The third kappa shape index (κ3) is 4.28. The zero-order chi connectivity index (χ0) is 17.6. The molecule has 2 aliphatic rings. The van der Waals surface area contributed by atoms with E-state index in [1.165, 1.54) is 12.1 Å². The van der Waals surface area contributed by atoms with Crippen LogP contribution in [-0.2, 0) is 4.79 Å². The minimum absolute atomic E-state index is 0.190. The number of rotatable bonds is 3. The van der Waals surface area contributed by atoms with E-state index in [-0.39, 0.29) is 17.3 Å². The Labute approximate surface area is 147 Å².